The molecule has 0 bridgehead atoms. The van der Waals surface area contributed by atoms with Crippen molar-refractivity contribution in [2.45, 2.75) is 39.7 Å². The topological polar surface area (TPSA) is 43.1 Å². The van der Waals surface area contributed by atoms with Gasteiger partial charge in [0.25, 0.3) is 0 Å². The average molecular weight is 219 g/mol. The molecule has 0 saturated carbocycles. The Morgan fingerprint density at radius 3 is 2.62 bits per heavy atom. The zero-order chi connectivity index (χ0) is 12.1. The Kier molecular flexibility index (Phi) is 4.69. The summed E-state index contributed by atoms with van der Waals surface area (Å²) >= 11 is 0. The van der Waals surface area contributed by atoms with Gasteiger partial charge in [0.2, 0.25) is 0 Å². The summed E-state index contributed by atoms with van der Waals surface area (Å²) in [5, 5.41) is 0. The van der Waals surface area contributed by atoms with Gasteiger partial charge in [-0.3, -0.25) is 4.79 Å². The molecule has 88 valence electrons. The first kappa shape index (κ1) is 12.9. The fourth-order valence-electron chi connectivity index (χ4n) is 1.53. The number of hydrogen-bond acceptors (Lipinski definition) is 2. The van der Waals surface area contributed by atoms with Crippen molar-refractivity contribution in [1.29, 1.82) is 0 Å². The molecule has 0 aliphatic rings. The number of hydrogen-bond donors (Lipinski definition) is 1. The van der Waals surface area contributed by atoms with Crippen LogP contribution in [-0.2, 0) is 6.42 Å². The third-order valence-electron chi connectivity index (χ3n) is 2.93. The first-order valence-corrected chi connectivity index (χ1v) is 5.92. The van der Waals surface area contributed by atoms with Crippen LogP contribution < -0.4 is 5.73 Å². The Labute approximate surface area is 97.9 Å². The van der Waals surface area contributed by atoms with Gasteiger partial charge in [-0.2, -0.15) is 0 Å². The van der Waals surface area contributed by atoms with E-state index in [-0.39, 0.29) is 11.8 Å². The maximum Gasteiger partial charge on any atom is 0.164 e. The van der Waals surface area contributed by atoms with E-state index in [9.17, 15) is 4.79 Å². The number of rotatable bonds is 5. The summed E-state index contributed by atoms with van der Waals surface area (Å²) in [5.41, 5.74) is 7.89. The van der Waals surface area contributed by atoms with E-state index in [1.165, 1.54) is 5.56 Å². The van der Waals surface area contributed by atoms with E-state index >= 15 is 0 Å². The lowest BCUT2D eigenvalue weighted by Gasteiger charge is -2.14. The van der Waals surface area contributed by atoms with Crippen molar-refractivity contribution in [1.82, 2.24) is 0 Å². The summed E-state index contributed by atoms with van der Waals surface area (Å²) in [5.74, 6) is 0.495. The predicted octanol–water partition coefficient (Wildman–Crippen LogP) is 2.81. The summed E-state index contributed by atoms with van der Waals surface area (Å²) in [6.07, 6.45) is 1.39. The van der Waals surface area contributed by atoms with Crippen molar-refractivity contribution >= 4 is 5.78 Å². The van der Waals surface area contributed by atoms with E-state index in [2.05, 4.69) is 6.92 Å². The molecule has 0 aromatic heterocycles. The monoisotopic (exact) mass is 219 g/mol. The van der Waals surface area contributed by atoms with E-state index in [4.69, 9.17) is 5.73 Å². The van der Waals surface area contributed by atoms with Crippen LogP contribution in [0.4, 0.5) is 0 Å². The molecule has 0 aliphatic carbocycles. The highest BCUT2D eigenvalue weighted by molar-refractivity contribution is 5.96. The van der Waals surface area contributed by atoms with Gasteiger partial charge >= 0.3 is 0 Å². The van der Waals surface area contributed by atoms with Crippen LogP contribution in [0.25, 0.3) is 0 Å². The van der Waals surface area contributed by atoms with Gasteiger partial charge in [0.15, 0.2) is 5.78 Å². The Morgan fingerprint density at radius 2 is 2.06 bits per heavy atom. The maximum absolute atomic E-state index is 11.9. The van der Waals surface area contributed by atoms with Gasteiger partial charge in [-0.05, 0) is 24.0 Å². The van der Waals surface area contributed by atoms with E-state index in [0.29, 0.717) is 12.3 Å². The van der Waals surface area contributed by atoms with Crippen LogP contribution >= 0.6 is 0 Å². The minimum Gasteiger partial charge on any atom is -0.327 e. The minimum absolute atomic E-state index is 0.0437. The third kappa shape index (κ3) is 3.46. The van der Waals surface area contributed by atoms with Crippen LogP contribution in [-0.4, -0.2) is 11.8 Å². The fraction of sp³-hybridized carbons (Fsp3) is 0.500. The van der Waals surface area contributed by atoms with Crippen molar-refractivity contribution in [2.75, 3.05) is 0 Å². The first-order valence-electron chi connectivity index (χ1n) is 5.92. The lowest BCUT2D eigenvalue weighted by molar-refractivity contribution is 0.0967. The van der Waals surface area contributed by atoms with Gasteiger partial charge in [0.05, 0.1) is 0 Å². The number of carbonyl (C=O) groups is 1. The van der Waals surface area contributed by atoms with Crippen LogP contribution in [0.5, 0.6) is 0 Å². The van der Waals surface area contributed by atoms with Crippen LogP contribution in [0.15, 0.2) is 24.3 Å². The maximum atomic E-state index is 11.9. The highest BCUT2D eigenvalue weighted by Gasteiger charge is 2.14. The first-order chi connectivity index (χ1) is 7.54. The molecule has 1 unspecified atom stereocenters. The quantitative estimate of drug-likeness (QED) is 0.774. The van der Waals surface area contributed by atoms with Crippen molar-refractivity contribution < 1.29 is 4.79 Å². The molecule has 1 aromatic carbocycles. The summed E-state index contributed by atoms with van der Waals surface area (Å²) in [6, 6.07) is 7.77. The molecule has 2 heteroatoms. The number of ketones is 1. The standard InChI is InChI=1S/C14H21NO/c1-4-11-6-5-7-12(8-11)14(16)9-13(15)10(2)3/h5-8,10,13H,4,9,15H2,1-3H3. The van der Waals surface area contributed by atoms with E-state index in [1.54, 1.807) is 0 Å². The Bertz CT molecular complexity index is 358. The van der Waals surface area contributed by atoms with Gasteiger partial charge in [-0.25, -0.2) is 0 Å². The van der Waals surface area contributed by atoms with Crippen molar-refractivity contribution in [3.05, 3.63) is 35.4 Å². The normalized spacial score (nSPS) is 12.8. The molecule has 2 nitrogen and oxygen atoms in total. The predicted molar refractivity (Wildman–Crippen MR) is 67.6 cm³/mol. The van der Waals surface area contributed by atoms with Crippen LogP contribution in [0, 0.1) is 5.92 Å². The second kappa shape index (κ2) is 5.80. The molecular formula is C14H21NO. The van der Waals surface area contributed by atoms with Gasteiger partial charge in [-0.1, -0.05) is 39.0 Å². The second-order valence-corrected chi connectivity index (χ2v) is 4.59. The summed E-state index contributed by atoms with van der Waals surface area (Å²) in [7, 11) is 0. The molecule has 0 saturated heterocycles. The van der Waals surface area contributed by atoms with Gasteiger partial charge in [0, 0.05) is 18.0 Å². The molecule has 1 atom stereocenters. The molecule has 1 aromatic rings. The van der Waals surface area contributed by atoms with Crippen molar-refractivity contribution in [3.8, 4) is 0 Å². The Hall–Kier alpha value is -1.15. The fourth-order valence-corrected chi connectivity index (χ4v) is 1.53. The zero-order valence-corrected chi connectivity index (χ0v) is 10.4. The summed E-state index contributed by atoms with van der Waals surface area (Å²) in [4.78, 5) is 11.9. The van der Waals surface area contributed by atoms with Crippen LogP contribution in [0.2, 0.25) is 0 Å². The molecule has 0 aliphatic heterocycles. The molecule has 0 amide bonds. The van der Waals surface area contributed by atoms with Crippen molar-refractivity contribution in [2.24, 2.45) is 11.7 Å². The SMILES string of the molecule is CCc1cccc(C(=O)CC(N)C(C)C)c1. The van der Waals surface area contributed by atoms with Crippen LogP contribution in [0.3, 0.4) is 0 Å². The summed E-state index contributed by atoms with van der Waals surface area (Å²) < 4.78 is 0. The lowest BCUT2D eigenvalue weighted by atomic mass is 9.95. The molecule has 0 radical (unpaired) electrons. The number of nitrogens with two attached hydrogens (primary N) is 1. The van der Waals surface area contributed by atoms with Gasteiger partial charge < -0.3 is 5.73 Å². The molecule has 0 spiro atoms. The number of carbonyl (C=O) groups excluding carboxylic acids is 1. The van der Waals surface area contributed by atoms with E-state index < -0.39 is 0 Å². The third-order valence-corrected chi connectivity index (χ3v) is 2.93. The largest absolute Gasteiger partial charge is 0.327 e. The molecule has 0 heterocycles. The second-order valence-electron chi connectivity index (χ2n) is 4.59. The minimum atomic E-state index is -0.0437. The zero-order valence-electron chi connectivity index (χ0n) is 10.4. The average Bonchev–Trinajstić information content (AvgIpc) is 2.28. The van der Waals surface area contributed by atoms with E-state index in [1.807, 2.05) is 38.1 Å². The molecule has 2 N–H and O–H groups in total. The smallest absolute Gasteiger partial charge is 0.164 e. The Balaban J connectivity index is 2.72. The summed E-state index contributed by atoms with van der Waals surface area (Å²) in [6.45, 7) is 6.17. The Morgan fingerprint density at radius 1 is 1.38 bits per heavy atom. The highest BCUT2D eigenvalue weighted by Crippen LogP contribution is 2.12. The molecule has 0 fully saturated rings. The van der Waals surface area contributed by atoms with Gasteiger partial charge in [0.1, 0.15) is 0 Å². The highest BCUT2D eigenvalue weighted by atomic mass is 16.1. The molecule has 1 rings (SSSR count). The number of aryl methyl sites for hydroxylation is 1. The molecule has 16 heavy (non-hydrogen) atoms. The van der Waals surface area contributed by atoms with Crippen molar-refractivity contribution in [3.63, 3.8) is 0 Å². The van der Waals surface area contributed by atoms with Crippen LogP contribution in [0.1, 0.15) is 43.1 Å². The van der Waals surface area contributed by atoms with Gasteiger partial charge in [-0.15, -0.1) is 0 Å². The molecular weight excluding hydrogens is 198 g/mol. The number of benzene rings is 1. The van der Waals surface area contributed by atoms with E-state index in [0.717, 1.165) is 12.0 Å². The lowest BCUT2D eigenvalue weighted by Crippen LogP contribution is -2.29. The number of Topliss-reactive ketones (excluding diaryl/α,β-unsaturated/α-hetero) is 1.